The van der Waals surface area contributed by atoms with Crippen molar-refractivity contribution in [3.63, 3.8) is 0 Å². The molecular weight excluding hydrogens is 386 g/mol. The molecule has 0 aliphatic carbocycles. The molecule has 3 rings (SSSR count). The Morgan fingerprint density at radius 1 is 1.07 bits per heavy atom. The zero-order valence-corrected chi connectivity index (χ0v) is 18.0. The number of aliphatic hydroxyl groups excluding tert-OH is 1. The predicted molar refractivity (Wildman–Crippen MR) is 114 cm³/mol. The second-order valence-corrected chi connectivity index (χ2v) is 7.70. The number of piperazine rings is 1. The van der Waals surface area contributed by atoms with Crippen LogP contribution in [0.2, 0.25) is 0 Å². The minimum Gasteiger partial charge on any atom is -0.493 e. The van der Waals surface area contributed by atoms with E-state index in [9.17, 15) is 9.90 Å². The van der Waals surface area contributed by atoms with Crippen molar-refractivity contribution in [3.05, 3.63) is 35.9 Å². The zero-order chi connectivity index (χ0) is 21.3. The summed E-state index contributed by atoms with van der Waals surface area (Å²) in [5.74, 6) is 1.31. The summed E-state index contributed by atoms with van der Waals surface area (Å²) in [5.41, 5.74) is 1.16. The molecule has 8 heteroatoms. The summed E-state index contributed by atoms with van der Waals surface area (Å²) in [4.78, 5) is 17.8. The van der Waals surface area contributed by atoms with Crippen LogP contribution < -0.4 is 9.47 Å². The fourth-order valence-corrected chi connectivity index (χ4v) is 3.80. The normalized spacial score (nSPS) is 18.8. The number of methoxy groups -OCH3 is 2. The van der Waals surface area contributed by atoms with Crippen molar-refractivity contribution < 1.29 is 24.1 Å². The Labute approximate surface area is 178 Å². The van der Waals surface area contributed by atoms with E-state index in [1.807, 2.05) is 12.1 Å². The Kier molecular flexibility index (Phi) is 8.36. The largest absolute Gasteiger partial charge is 0.493 e. The number of carbonyl (C=O) groups is 1. The Hall–Kier alpha value is -2.29. The maximum atomic E-state index is 11.6. The van der Waals surface area contributed by atoms with Crippen molar-refractivity contribution >= 4 is 6.09 Å². The van der Waals surface area contributed by atoms with Gasteiger partial charge in [-0.05, 0) is 24.1 Å². The SMILES string of the molecule is COC(=O)N1CCN(CC(O)COc2cc(CN3CC=CCC3)ccc2OC)CC1. The lowest BCUT2D eigenvalue weighted by Crippen LogP contribution is -2.50. The number of carbonyl (C=O) groups excluding carboxylic acids is 1. The number of rotatable bonds is 8. The molecule has 2 aliphatic rings. The summed E-state index contributed by atoms with van der Waals surface area (Å²) in [7, 11) is 3.01. The van der Waals surface area contributed by atoms with Crippen LogP contribution in [-0.2, 0) is 11.3 Å². The van der Waals surface area contributed by atoms with E-state index in [2.05, 4.69) is 28.0 Å². The molecule has 1 aromatic carbocycles. The highest BCUT2D eigenvalue weighted by atomic mass is 16.5. The third kappa shape index (κ3) is 6.35. The van der Waals surface area contributed by atoms with Gasteiger partial charge in [-0.15, -0.1) is 0 Å². The zero-order valence-electron chi connectivity index (χ0n) is 18.0. The van der Waals surface area contributed by atoms with Crippen LogP contribution in [0.25, 0.3) is 0 Å². The predicted octanol–water partition coefficient (Wildman–Crippen LogP) is 1.58. The summed E-state index contributed by atoms with van der Waals surface area (Å²) in [6.45, 7) is 6.16. The van der Waals surface area contributed by atoms with Crippen molar-refractivity contribution in [2.75, 3.05) is 66.6 Å². The lowest BCUT2D eigenvalue weighted by Gasteiger charge is -2.34. The van der Waals surface area contributed by atoms with E-state index < -0.39 is 6.10 Å². The molecule has 0 saturated carbocycles. The quantitative estimate of drug-likeness (QED) is 0.641. The van der Waals surface area contributed by atoms with Gasteiger partial charge in [0.25, 0.3) is 0 Å². The van der Waals surface area contributed by atoms with Crippen LogP contribution >= 0.6 is 0 Å². The van der Waals surface area contributed by atoms with Crippen LogP contribution in [0.15, 0.2) is 30.4 Å². The van der Waals surface area contributed by atoms with E-state index in [1.54, 1.807) is 12.0 Å². The summed E-state index contributed by atoms with van der Waals surface area (Å²) in [6.07, 6.45) is 4.57. The van der Waals surface area contributed by atoms with Crippen molar-refractivity contribution in [2.45, 2.75) is 19.1 Å². The van der Waals surface area contributed by atoms with E-state index in [0.29, 0.717) is 44.2 Å². The van der Waals surface area contributed by atoms with Gasteiger partial charge in [0, 0.05) is 52.4 Å². The van der Waals surface area contributed by atoms with Crippen molar-refractivity contribution in [1.29, 1.82) is 0 Å². The summed E-state index contributed by atoms with van der Waals surface area (Å²) in [5, 5.41) is 10.4. The van der Waals surface area contributed by atoms with Gasteiger partial charge in [0.15, 0.2) is 11.5 Å². The molecular formula is C22H33N3O5. The molecule has 1 atom stereocenters. The van der Waals surface area contributed by atoms with Crippen LogP contribution in [0.4, 0.5) is 4.79 Å². The fraction of sp³-hybridized carbons (Fsp3) is 0.591. The van der Waals surface area contributed by atoms with Crippen LogP contribution in [0.5, 0.6) is 11.5 Å². The Bertz CT molecular complexity index is 719. The standard InChI is InChI=1S/C22H33N3O5/c1-28-20-7-6-18(15-23-8-4-3-5-9-23)14-21(20)30-17-19(26)16-24-10-12-25(13-11-24)22(27)29-2/h3-4,6-7,14,19,26H,5,8-13,15-17H2,1-2H3. The molecule has 0 bridgehead atoms. The Morgan fingerprint density at radius 3 is 2.53 bits per heavy atom. The number of benzene rings is 1. The van der Waals surface area contributed by atoms with Gasteiger partial charge in [0.05, 0.1) is 14.2 Å². The first kappa shape index (κ1) is 22.4. The molecule has 1 N–H and O–H groups in total. The molecule has 2 aliphatic heterocycles. The van der Waals surface area contributed by atoms with Crippen molar-refractivity contribution in [2.24, 2.45) is 0 Å². The molecule has 8 nitrogen and oxygen atoms in total. The molecule has 30 heavy (non-hydrogen) atoms. The molecule has 1 aromatic rings. The minimum atomic E-state index is -0.629. The van der Waals surface area contributed by atoms with E-state index in [4.69, 9.17) is 14.2 Å². The molecule has 1 unspecified atom stereocenters. The maximum Gasteiger partial charge on any atom is 0.409 e. The van der Waals surface area contributed by atoms with Gasteiger partial charge in [-0.3, -0.25) is 9.80 Å². The molecule has 1 fully saturated rings. The van der Waals surface area contributed by atoms with Crippen LogP contribution in [0.1, 0.15) is 12.0 Å². The number of nitrogens with zero attached hydrogens (tertiary/aromatic N) is 3. The molecule has 1 saturated heterocycles. The third-order valence-electron chi connectivity index (χ3n) is 5.48. The van der Waals surface area contributed by atoms with Crippen molar-refractivity contribution in [3.8, 4) is 11.5 Å². The number of ether oxygens (including phenoxy) is 3. The summed E-state index contributed by atoms with van der Waals surface area (Å²) in [6, 6.07) is 5.98. The van der Waals surface area contributed by atoms with Crippen LogP contribution in [-0.4, -0.2) is 98.6 Å². The number of hydrogen-bond donors (Lipinski definition) is 1. The van der Waals surface area contributed by atoms with Gasteiger partial charge in [0.2, 0.25) is 0 Å². The number of β-amino-alcohol motifs (C(OH)–C–C–N with tert-alkyl or cyclic N) is 1. The van der Waals surface area contributed by atoms with Gasteiger partial charge >= 0.3 is 6.09 Å². The second kappa shape index (κ2) is 11.2. The summed E-state index contributed by atoms with van der Waals surface area (Å²) >= 11 is 0. The first-order chi connectivity index (χ1) is 14.6. The third-order valence-corrected chi connectivity index (χ3v) is 5.48. The molecule has 1 amide bonds. The average molecular weight is 420 g/mol. The molecule has 0 aromatic heterocycles. The van der Waals surface area contributed by atoms with Gasteiger partial charge < -0.3 is 24.2 Å². The van der Waals surface area contributed by atoms with E-state index in [0.717, 1.165) is 31.6 Å². The first-order valence-corrected chi connectivity index (χ1v) is 10.5. The minimum absolute atomic E-state index is 0.184. The van der Waals surface area contributed by atoms with Crippen molar-refractivity contribution in [1.82, 2.24) is 14.7 Å². The highest BCUT2D eigenvalue weighted by Crippen LogP contribution is 2.29. The Morgan fingerprint density at radius 2 is 1.87 bits per heavy atom. The van der Waals surface area contributed by atoms with Crippen LogP contribution in [0, 0.1) is 0 Å². The molecule has 0 radical (unpaired) electrons. The molecule has 166 valence electrons. The second-order valence-electron chi connectivity index (χ2n) is 7.70. The van der Waals surface area contributed by atoms with E-state index >= 15 is 0 Å². The smallest absolute Gasteiger partial charge is 0.409 e. The lowest BCUT2D eigenvalue weighted by atomic mass is 10.1. The van der Waals surface area contributed by atoms with E-state index in [1.165, 1.54) is 7.11 Å². The van der Waals surface area contributed by atoms with E-state index in [-0.39, 0.29) is 12.7 Å². The van der Waals surface area contributed by atoms with Crippen LogP contribution in [0.3, 0.4) is 0 Å². The average Bonchev–Trinajstić information content (AvgIpc) is 2.78. The monoisotopic (exact) mass is 419 g/mol. The summed E-state index contributed by atoms with van der Waals surface area (Å²) < 4.78 is 16.1. The maximum absolute atomic E-state index is 11.6. The molecule has 0 spiro atoms. The number of hydrogen-bond acceptors (Lipinski definition) is 7. The topological polar surface area (TPSA) is 74.7 Å². The Balaban J connectivity index is 1.48. The first-order valence-electron chi connectivity index (χ1n) is 10.5. The van der Waals surface area contributed by atoms with Gasteiger partial charge in [0.1, 0.15) is 12.7 Å². The van der Waals surface area contributed by atoms with Gasteiger partial charge in [-0.2, -0.15) is 0 Å². The lowest BCUT2D eigenvalue weighted by molar-refractivity contribution is 0.0430. The highest BCUT2D eigenvalue weighted by Gasteiger charge is 2.23. The number of amides is 1. The highest BCUT2D eigenvalue weighted by molar-refractivity contribution is 5.67. The van der Waals surface area contributed by atoms with Gasteiger partial charge in [-0.1, -0.05) is 18.2 Å². The number of aliphatic hydroxyl groups is 1. The van der Waals surface area contributed by atoms with Gasteiger partial charge in [-0.25, -0.2) is 4.79 Å². The fourth-order valence-electron chi connectivity index (χ4n) is 3.80. The molecule has 2 heterocycles.